The Morgan fingerprint density at radius 1 is 0.181 bits per heavy atom. The van der Waals surface area contributed by atoms with Crippen LogP contribution in [0.15, 0.2) is 473 Å². The summed E-state index contributed by atoms with van der Waals surface area (Å²) >= 11 is 0. The molecule has 1 aliphatic carbocycles. The fraction of sp³-hybridized carbons (Fsp3) is 0.0227. The first-order valence-corrected chi connectivity index (χ1v) is 49.9. The number of furan rings is 4. The highest BCUT2D eigenvalue weighted by atomic mass is 16.3. The molecule has 1 aliphatic rings. The van der Waals surface area contributed by atoms with E-state index in [0.717, 1.165) is 204 Å². The number of fused-ring (bicyclic) bond motifs is 29. The van der Waals surface area contributed by atoms with Crippen LogP contribution in [0.2, 0.25) is 0 Å². The van der Waals surface area contributed by atoms with Gasteiger partial charge < -0.3 is 22.2 Å². The minimum atomic E-state index is -0.165. The Bertz CT molecular complexity index is 11000. The van der Waals surface area contributed by atoms with Crippen molar-refractivity contribution in [2.24, 2.45) is 0 Å². The average molecular weight is 1910 g/mol. The summed E-state index contributed by atoms with van der Waals surface area (Å²) in [6.45, 7) is 4.68. The van der Waals surface area contributed by atoms with Crippen molar-refractivity contribution in [2.75, 3.05) is 0 Å². The van der Waals surface area contributed by atoms with Crippen LogP contribution in [0.25, 0.3) is 289 Å². The van der Waals surface area contributed by atoms with Gasteiger partial charge in [-0.3, -0.25) is 13.7 Å². The van der Waals surface area contributed by atoms with Crippen LogP contribution in [0.1, 0.15) is 25.0 Å². The second-order valence-corrected chi connectivity index (χ2v) is 38.5. The first kappa shape index (κ1) is 84.5. The largest absolute Gasteiger partial charge is 0.456 e. The third kappa shape index (κ3) is 13.5. The molecule has 0 unspecified atom stereocenters. The first-order chi connectivity index (χ1) is 73.6. The summed E-state index contributed by atoms with van der Waals surface area (Å²) in [6, 6.07) is 157. The molecule has 0 bridgehead atoms. The Balaban J connectivity index is 0.000000103. The summed E-state index contributed by atoms with van der Waals surface area (Å²) in [5.74, 6) is 5.21. The highest BCUT2D eigenvalue weighted by Gasteiger charge is 2.39. The predicted molar refractivity (Wildman–Crippen MR) is 602 cm³/mol. The van der Waals surface area contributed by atoms with Gasteiger partial charge in [-0.2, -0.15) is 29.9 Å². The molecule has 31 aromatic rings. The van der Waals surface area contributed by atoms with Crippen molar-refractivity contribution in [2.45, 2.75) is 19.3 Å². The van der Waals surface area contributed by atoms with Crippen molar-refractivity contribution in [3.05, 3.63) is 466 Å². The topological polar surface area (TPSA) is 188 Å². The van der Waals surface area contributed by atoms with Gasteiger partial charge in [0.15, 0.2) is 34.9 Å². The second kappa shape index (κ2) is 33.5. The van der Waals surface area contributed by atoms with Crippen molar-refractivity contribution in [3.63, 3.8) is 0 Å². The SMILES string of the molecule is CC1(C)c2ccccc2-c2ccc3c(c21)c1ccccc1n3-c1nc(-c2ccccc2)nc(-c2ccc3c(c2)oc2ccccc23)n1.c1ccc(-c2cccc(-c3nc(-c4ccc5c(c4)oc4ccccc45)nc(-n4c5ccccc5c5cc6oc7ccccc7c6cc54)n3)c2)cc1.c1ccc(-c2nc(-c3cccc4oc5ccccc5c34)nc(-n3c4ccccc4c4c3ccc3c5ccccc5n(-c5ccccc5)c34)n2)cc1. The summed E-state index contributed by atoms with van der Waals surface area (Å²) < 4.78 is 34.1. The van der Waals surface area contributed by atoms with Crippen molar-refractivity contribution >= 4 is 175 Å². The number of para-hydroxylation sites is 9. The summed E-state index contributed by atoms with van der Waals surface area (Å²) in [5.41, 5.74) is 29.0. The molecular formula is C132H81N13O4. The lowest BCUT2D eigenvalue weighted by Gasteiger charge is -2.22. The van der Waals surface area contributed by atoms with Crippen LogP contribution in [-0.2, 0) is 5.41 Å². The van der Waals surface area contributed by atoms with E-state index in [4.69, 9.17) is 62.5 Å². The van der Waals surface area contributed by atoms with Gasteiger partial charge in [-0.1, -0.05) is 347 Å². The molecule has 11 aromatic heterocycles. The maximum absolute atomic E-state index is 6.32. The van der Waals surface area contributed by atoms with Crippen LogP contribution in [0, 0.1) is 0 Å². The third-order valence-corrected chi connectivity index (χ3v) is 29.7. The number of benzene rings is 20. The number of hydrogen-bond donors (Lipinski definition) is 0. The van der Waals surface area contributed by atoms with E-state index in [1.165, 1.54) is 43.8 Å². The van der Waals surface area contributed by atoms with E-state index in [9.17, 15) is 0 Å². The minimum Gasteiger partial charge on any atom is -0.456 e. The number of hydrogen-bond acceptors (Lipinski definition) is 13. The van der Waals surface area contributed by atoms with Crippen LogP contribution in [0.3, 0.4) is 0 Å². The molecule has 17 nitrogen and oxygen atoms in total. The Labute approximate surface area is 849 Å². The van der Waals surface area contributed by atoms with Gasteiger partial charge in [0.25, 0.3) is 0 Å². The van der Waals surface area contributed by atoms with Crippen LogP contribution >= 0.6 is 0 Å². The number of rotatable bonds is 11. The lowest BCUT2D eigenvalue weighted by molar-refractivity contribution is 0.666. The molecule has 0 atom stereocenters. The molecule has 20 aromatic carbocycles. The zero-order valence-electron chi connectivity index (χ0n) is 80.2. The summed E-state index contributed by atoms with van der Waals surface area (Å²) in [5, 5.41) is 17.7. The molecule has 11 heterocycles. The summed E-state index contributed by atoms with van der Waals surface area (Å²) in [4.78, 5) is 46.6. The smallest absolute Gasteiger partial charge is 0.238 e. The van der Waals surface area contributed by atoms with Crippen LogP contribution in [-0.4, -0.2) is 63.1 Å². The molecule has 0 aliphatic heterocycles. The van der Waals surface area contributed by atoms with Crippen LogP contribution < -0.4 is 0 Å². The monoisotopic (exact) mass is 1910 g/mol. The van der Waals surface area contributed by atoms with E-state index in [1.54, 1.807) is 0 Å². The van der Waals surface area contributed by atoms with Gasteiger partial charge in [0.2, 0.25) is 17.8 Å². The maximum atomic E-state index is 6.32. The molecule has 149 heavy (non-hydrogen) atoms. The fourth-order valence-corrected chi connectivity index (χ4v) is 23.0. The standard InChI is InChI=1S/C45H27N5O.C45H26N4O2.C42H28N4O/c1-3-14-28(15-4-1)43-46-44(34-21-13-25-39-40(34)33-20-9-12-24-38(33)51-39)48-45(47-43)50-36-23-11-8-19-32(36)41-37(50)27-26-31-30-18-7-10-22-35(30)49(42(31)41)29-16-5-2-6-17-29;1-2-11-27(12-3-1)28-13-10-14-29(23-28)43-46-44(30-21-22-34-32-16-5-8-19-39(32)50-41(34)24-30)48-45(47-43)49-37-18-7-4-15-31(37)35-26-42-36(25-38(35)49)33-17-6-9-20-40(33)51-42;1-42(2)32-17-9-6-14-27(32)30-22-23-34-37(38(30)42)31-16-7-10-18-33(31)46(34)41-44-39(25-12-4-3-5-13-25)43-40(45-41)26-20-21-29-28-15-8-11-19-35(28)47-36(29)24-26/h1-27H;1-26H;3-24H,1-2H3. The van der Waals surface area contributed by atoms with E-state index in [2.05, 4.69) is 323 Å². The van der Waals surface area contributed by atoms with Crippen molar-refractivity contribution in [1.82, 2.24) is 63.1 Å². The second-order valence-electron chi connectivity index (χ2n) is 38.5. The van der Waals surface area contributed by atoms with Crippen molar-refractivity contribution < 1.29 is 17.7 Å². The van der Waals surface area contributed by atoms with E-state index in [1.807, 2.05) is 164 Å². The van der Waals surface area contributed by atoms with Gasteiger partial charge in [0.1, 0.15) is 44.7 Å². The third-order valence-electron chi connectivity index (χ3n) is 29.7. The summed E-state index contributed by atoms with van der Waals surface area (Å²) in [6.07, 6.45) is 0. The van der Waals surface area contributed by atoms with Crippen LogP contribution in [0.5, 0.6) is 0 Å². The van der Waals surface area contributed by atoms with Gasteiger partial charge in [-0.15, -0.1) is 0 Å². The lowest BCUT2D eigenvalue weighted by atomic mass is 9.80. The molecule has 0 spiro atoms. The molecule has 0 amide bonds. The Morgan fingerprint density at radius 3 is 1.12 bits per heavy atom. The molecule has 17 heteroatoms. The fourth-order valence-electron chi connectivity index (χ4n) is 23.0. The molecular weight excluding hydrogens is 1830 g/mol. The predicted octanol–water partition coefficient (Wildman–Crippen LogP) is 33.6. The van der Waals surface area contributed by atoms with E-state index < -0.39 is 0 Å². The zero-order chi connectivity index (χ0) is 98.2. The molecule has 698 valence electrons. The molecule has 32 rings (SSSR count). The first-order valence-electron chi connectivity index (χ1n) is 49.9. The normalized spacial score (nSPS) is 12.4. The van der Waals surface area contributed by atoms with Gasteiger partial charge in [0, 0.05) is 131 Å². The van der Waals surface area contributed by atoms with Gasteiger partial charge >= 0.3 is 0 Å². The highest BCUT2D eigenvalue weighted by Crippen LogP contribution is 2.55. The van der Waals surface area contributed by atoms with Gasteiger partial charge in [0.05, 0.1) is 44.1 Å². The minimum absolute atomic E-state index is 0.165. The van der Waals surface area contributed by atoms with Crippen molar-refractivity contribution in [1.29, 1.82) is 0 Å². The van der Waals surface area contributed by atoms with Crippen molar-refractivity contribution in [3.8, 4) is 114 Å². The highest BCUT2D eigenvalue weighted by molar-refractivity contribution is 6.27. The molecule has 0 N–H and O–H groups in total. The average Bonchev–Trinajstić information content (AvgIpc) is 1.54. The maximum Gasteiger partial charge on any atom is 0.238 e. The van der Waals surface area contributed by atoms with E-state index in [0.29, 0.717) is 52.8 Å². The Morgan fingerprint density at radius 2 is 0.544 bits per heavy atom. The Kier molecular flexibility index (Phi) is 19.0. The zero-order valence-corrected chi connectivity index (χ0v) is 80.2. The van der Waals surface area contributed by atoms with E-state index in [-0.39, 0.29) is 5.41 Å². The van der Waals surface area contributed by atoms with Gasteiger partial charge in [-0.25, -0.2) is 15.0 Å². The molecule has 0 fully saturated rings. The number of aromatic nitrogens is 13. The van der Waals surface area contributed by atoms with Gasteiger partial charge in [-0.05, 0) is 155 Å². The summed E-state index contributed by atoms with van der Waals surface area (Å²) in [7, 11) is 0. The van der Waals surface area contributed by atoms with E-state index >= 15 is 0 Å². The molecule has 0 saturated carbocycles. The quantitative estimate of drug-likeness (QED) is 0.119. The molecule has 0 saturated heterocycles. The molecule has 0 radical (unpaired) electrons. The number of nitrogens with zero attached hydrogens (tertiary/aromatic N) is 13. The van der Waals surface area contributed by atoms with Crippen LogP contribution in [0.4, 0.5) is 0 Å². The lowest BCUT2D eigenvalue weighted by Crippen LogP contribution is -2.15. The Hall–Kier alpha value is -20.2.